The van der Waals surface area contributed by atoms with Crippen molar-refractivity contribution in [1.29, 1.82) is 0 Å². The average Bonchev–Trinajstić information content (AvgIpc) is 2.37. The van der Waals surface area contributed by atoms with E-state index in [2.05, 4.69) is 15.9 Å². The molecule has 0 spiro atoms. The lowest BCUT2D eigenvalue weighted by atomic mass is 9.96. The Morgan fingerprint density at radius 2 is 2.06 bits per heavy atom. The third-order valence-electron chi connectivity index (χ3n) is 2.42. The number of carbonyl (C=O) groups is 2. The van der Waals surface area contributed by atoms with E-state index in [-0.39, 0.29) is 29.2 Å². The number of carboxylic acid groups (broad SMARTS) is 1. The molecule has 0 saturated carbocycles. The highest BCUT2D eigenvalue weighted by atomic mass is 79.9. The maximum absolute atomic E-state index is 11.9. The SMILES string of the molecule is O=C(CCBr)c1cc(CCl)ccc1C(O)C(=O)O. The van der Waals surface area contributed by atoms with Crippen LogP contribution in [0.2, 0.25) is 0 Å². The van der Waals surface area contributed by atoms with Crippen LogP contribution in [0.15, 0.2) is 18.2 Å². The molecular weight excluding hydrogens is 323 g/mol. The summed E-state index contributed by atoms with van der Waals surface area (Å²) in [5, 5.41) is 18.8. The first-order chi connectivity index (χ1) is 8.51. The van der Waals surface area contributed by atoms with Crippen molar-refractivity contribution in [3.63, 3.8) is 0 Å². The molecule has 0 aliphatic carbocycles. The summed E-state index contributed by atoms with van der Waals surface area (Å²) in [6.07, 6.45) is -1.48. The molecule has 0 amide bonds. The van der Waals surface area contributed by atoms with E-state index >= 15 is 0 Å². The van der Waals surface area contributed by atoms with E-state index in [0.29, 0.717) is 10.9 Å². The van der Waals surface area contributed by atoms with Gasteiger partial charge in [0, 0.05) is 28.8 Å². The molecule has 4 nitrogen and oxygen atoms in total. The minimum absolute atomic E-state index is 0.0994. The highest BCUT2D eigenvalue weighted by Crippen LogP contribution is 2.22. The molecule has 0 aliphatic heterocycles. The number of hydrogen-bond donors (Lipinski definition) is 2. The van der Waals surface area contributed by atoms with Gasteiger partial charge in [0.1, 0.15) is 0 Å². The van der Waals surface area contributed by atoms with E-state index in [9.17, 15) is 14.7 Å². The first-order valence-corrected chi connectivity index (χ1v) is 6.85. The van der Waals surface area contributed by atoms with Crippen molar-refractivity contribution in [2.75, 3.05) is 5.33 Å². The molecule has 1 rings (SSSR count). The quantitative estimate of drug-likeness (QED) is 0.619. The van der Waals surface area contributed by atoms with Crippen LogP contribution in [-0.2, 0) is 10.7 Å². The second-order valence-corrected chi connectivity index (χ2v) is 4.72. The standard InChI is InChI=1S/C12H12BrClO4/c13-4-3-10(15)9-5-7(6-14)1-2-8(9)11(16)12(17)18/h1-2,5,11,16H,3-4,6H2,(H,17,18). The number of carboxylic acids is 1. The highest BCUT2D eigenvalue weighted by Gasteiger charge is 2.22. The van der Waals surface area contributed by atoms with Crippen molar-refractivity contribution < 1.29 is 19.8 Å². The summed E-state index contributed by atoms with van der Waals surface area (Å²) in [6.45, 7) is 0. The number of ketones is 1. The molecule has 0 heterocycles. The average molecular weight is 336 g/mol. The predicted octanol–water partition coefficient (Wildman–Crippen LogP) is 2.51. The Hall–Kier alpha value is -0.910. The van der Waals surface area contributed by atoms with Gasteiger partial charge in [-0.05, 0) is 11.6 Å². The van der Waals surface area contributed by atoms with Gasteiger partial charge in [-0.25, -0.2) is 4.79 Å². The number of halogens is 2. The molecule has 1 unspecified atom stereocenters. The van der Waals surface area contributed by atoms with Gasteiger partial charge in [-0.1, -0.05) is 28.1 Å². The summed E-state index contributed by atoms with van der Waals surface area (Å²) >= 11 is 8.82. The van der Waals surface area contributed by atoms with Crippen molar-refractivity contribution in [1.82, 2.24) is 0 Å². The monoisotopic (exact) mass is 334 g/mol. The van der Waals surface area contributed by atoms with Crippen LogP contribution >= 0.6 is 27.5 Å². The third kappa shape index (κ3) is 3.54. The summed E-state index contributed by atoms with van der Waals surface area (Å²) in [4.78, 5) is 22.7. The number of aliphatic hydroxyl groups excluding tert-OH is 1. The molecule has 2 N–H and O–H groups in total. The number of benzene rings is 1. The van der Waals surface area contributed by atoms with E-state index in [4.69, 9.17) is 16.7 Å². The molecule has 0 aromatic heterocycles. The van der Waals surface area contributed by atoms with Crippen LogP contribution in [-0.4, -0.2) is 27.3 Å². The first kappa shape index (κ1) is 15.1. The molecule has 0 fully saturated rings. The van der Waals surface area contributed by atoms with Crippen molar-refractivity contribution in [2.24, 2.45) is 0 Å². The Morgan fingerprint density at radius 3 is 2.56 bits per heavy atom. The summed E-state index contributed by atoms with van der Waals surface area (Å²) < 4.78 is 0. The van der Waals surface area contributed by atoms with E-state index in [1.54, 1.807) is 6.07 Å². The lowest BCUT2D eigenvalue weighted by molar-refractivity contribution is -0.146. The van der Waals surface area contributed by atoms with Crippen LogP contribution in [0.3, 0.4) is 0 Å². The van der Waals surface area contributed by atoms with Crippen LogP contribution in [0.5, 0.6) is 0 Å². The lowest BCUT2D eigenvalue weighted by Crippen LogP contribution is -2.15. The number of aliphatic hydroxyl groups is 1. The fraction of sp³-hybridized carbons (Fsp3) is 0.333. The molecule has 98 valence electrons. The van der Waals surface area contributed by atoms with E-state index in [1.807, 2.05) is 0 Å². The molecule has 1 aromatic rings. The van der Waals surface area contributed by atoms with E-state index < -0.39 is 12.1 Å². The largest absolute Gasteiger partial charge is 0.479 e. The Balaban J connectivity index is 3.24. The van der Waals surface area contributed by atoms with Gasteiger partial charge in [-0.2, -0.15) is 0 Å². The maximum Gasteiger partial charge on any atom is 0.337 e. The smallest absolute Gasteiger partial charge is 0.337 e. The summed E-state index contributed by atoms with van der Waals surface area (Å²) in [6, 6.07) is 4.55. The minimum Gasteiger partial charge on any atom is -0.479 e. The number of carbonyl (C=O) groups excluding carboxylic acids is 1. The zero-order valence-corrected chi connectivity index (χ0v) is 11.7. The summed E-state index contributed by atoms with van der Waals surface area (Å²) in [5.41, 5.74) is 1.01. The second-order valence-electron chi connectivity index (χ2n) is 3.66. The topological polar surface area (TPSA) is 74.6 Å². The maximum atomic E-state index is 11.9. The fourth-order valence-electron chi connectivity index (χ4n) is 1.52. The van der Waals surface area contributed by atoms with Crippen LogP contribution in [0.1, 0.15) is 34.0 Å². The second kappa shape index (κ2) is 6.87. The number of Topliss-reactive ketones (excluding diaryl/α,β-unsaturated/α-hetero) is 1. The molecule has 0 radical (unpaired) electrons. The number of aliphatic carboxylic acids is 1. The Kier molecular flexibility index (Phi) is 5.78. The zero-order chi connectivity index (χ0) is 13.7. The predicted molar refractivity (Wildman–Crippen MR) is 71.3 cm³/mol. The molecule has 0 bridgehead atoms. The Bertz CT molecular complexity index is 461. The van der Waals surface area contributed by atoms with E-state index in [1.165, 1.54) is 12.1 Å². The molecule has 1 aromatic carbocycles. The van der Waals surface area contributed by atoms with Crippen molar-refractivity contribution in [2.45, 2.75) is 18.4 Å². The summed E-state index contributed by atoms with van der Waals surface area (Å²) in [7, 11) is 0. The molecule has 0 aliphatic rings. The van der Waals surface area contributed by atoms with Gasteiger partial charge in [-0.15, -0.1) is 11.6 Å². The van der Waals surface area contributed by atoms with Crippen molar-refractivity contribution in [3.8, 4) is 0 Å². The highest BCUT2D eigenvalue weighted by molar-refractivity contribution is 9.09. The normalized spacial score (nSPS) is 12.2. The number of alkyl halides is 2. The number of rotatable bonds is 6. The van der Waals surface area contributed by atoms with Gasteiger partial charge >= 0.3 is 5.97 Å². The van der Waals surface area contributed by atoms with Gasteiger partial charge in [0.25, 0.3) is 0 Å². The molecule has 1 atom stereocenters. The summed E-state index contributed by atoms with van der Waals surface area (Å²) in [5.74, 6) is -1.39. The van der Waals surface area contributed by atoms with Gasteiger partial charge in [0.05, 0.1) is 0 Å². The van der Waals surface area contributed by atoms with E-state index in [0.717, 1.165) is 0 Å². The lowest BCUT2D eigenvalue weighted by Gasteiger charge is -2.12. The van der Waals surface area contributed by atoms with Gasteiger partial charge in [0.15, 0.2) is 11.9 Å². The van der Waals surface area contributed by atoms with Gasteiger partial charge in [-0.3, -0.25) is 4.79 Å². The minimum atomic E-state index is -1.70. The zero-order valence-electron chi connectivity index (χ0n) is 9.40. The fourth-order valence-corrected chi connectivity index (χ4v) is 2.05. The molecule has 0 saturated heterocycles. The Labute approximate surface area is 118 Å². The third-order valence-corrected chi connectivity index (χ3v) is 3.13. The van der Waals surface area contributed by atoms with Crippen molar-refractivity contribution in [3.05, 3.63) is 34.9 Å². The Morgan fingerprint density at radius 1 is 1.39 bits per heavy atom. The van der Waals surface area contributed by atoms with Gasteiger partial charge < -0.3 is 10.2 Å². The molecular formula is C12H12BrClO4. The van der Waals surface area contributed by atoms with Crippen LogP contribution in [0, 0.1) is 0 Å². The van der Waals surface area contributed by atoms with Crippen LogP contribution in [0.4, 0.5) is 0 Å². The first-order valence-electron chi connectivity index (χ1n) is 5.20. The molecule has 6 heteroatoms. The molecule has 18 heavy (non-hydrogen) atoms. The van der Waals surface area contributed by atoms with Crippen LogP contribution in [0.25, 0.3) is 0 Å². The number of hydrogen-bond acceptors (Lipinski definition) is 3. The van der Waals surface area contributed by atoms with Gasteiger partial charge in [0.2, 0.25) is 0 Å². The van der Waals surface area contributed by atoms with Crippen molar-refractivity contribution >= 4 is 39.3 Å². The van der Waals surface area contributed by atoms with Crippen LogP contribution < -0.4 is 0 Å².